The minimum atomic E-state index is -0.598. The Morgan fingerprint density at radius 1 is 1.08 bits per heavy atom. The molecule has 4 amide bonds. The first-order valence-electron chi connectivity index (χ1n) is 12.3. The molecule has 0 spiro atoms. The first-order valence-corrected chi connectivity index (χ1v) is 12.3. The van der Waals surface area contributed by atoms with E-state index in [2.05, 4.69) is 10.6 Å². The highest BCUT2D eigenvalue weighted by molar-refractivity contribution is 6.02. The van der Waals surface area contributed by atoms with E-state index in [0.29, 0.717) is 18.0 Å². The fraction of sp³-hybridized carbons (Fsp3) is 0.444. The van der Waals surface area contributed by atoms with Crippen molar-refractivity contribution in [3.05, 3.63) is 53.8 Å². The highest BCUT2D eigenvalue weighted by Gasteiger charge is 2.30. The van der Waals surface area contributed by atoms with E-state index < -0.39 is 11.8 Å². The largest absolute Gasteiger partial charge is 0.491 e. The van der Waals surface area contributed by atoms with Crippen LogP contribution in [0.5, 0.6) is 5.75 Å². The van der Waals surface area contributed by atoms with Crippen LogP contribution in [0.2, 0.25) is 0 Å². The van der Waals surface area contributed by atoms with Crippen LogP contribution in [0.3, 0.4) is 0 Å². The van der Waals surface area contributed by atoms with Gasteiger partial charge in [-0.1, -0.05) is 13.0 Å². The quantitative estimate of drug-likeness (QED) is 0.613. The molecule has 0 saturated heterocycles. The van der Waals surface area contributed by atoms with E-state index in [0.717, 1.165) is 0 Å². The summed E-state index contributed by atoms with van der Waals surface area (Å²) < 4.78 is 30.2. The van der Waals surface area contributed by atoms with Gasteiger partial charge in [0.25, 0.3) is 5.91 Å². The van der Waals surface area contributed by atoms with Crippen molar-refractivity contribution in [2.45, 2.75) is 26.0 Å². The standard InChI is InChI=1S/C27H35FN4O6/c1-17-13-32(25(33)16-36-4)18(2)15-38-23-10-9-21(12-22(23)26(34)31(3)14-24(17)37-5)30-27(35)29-20-8-6-7-19(28)11-20/h6-12,17-18,24H,13-16H2,1-5H3,(H2,29,30,35)/t17-,18-,24+/m0/s1. The third-order valence-electron chi connectivity index (χ3n) is 6.37. The number of methoxy groups -OCH3 is 2. The fourth-order valence-electron chi connectivity index (χ4n) is 4.27. The van der Waals surface area contributed by atoms with E-state index in [9.17, 15) is 18.8 Å². The van der Waals surface area contributed by atoms with Gasteiger partial charge in [-0.05, 0) is 43.3 Å². The molecule has 1 heterocycles. The molecule has 0 aromatic heterocycles. The van der Waals surface area contributed by atoms with Crippen molar-refractivity contribution in [3.63, 3.8) is 0 Å². The van der Waals surface area contributed by atoms with Gasteiger partial charge in [-0.3, -0.25) is 9.59 Å². The van der Waals surface area contributed by atoms with Gasteiger partial charge in [0.05, 0.1) is 17.7 Å². The maximum atomic E-state index is 13.5. The third-order valence-corrected chi connectivity index (χ3v) is 6.37. The van der Waals surface area contributed by atoms with Gasteiger partial charge in [0.15, 0.2) is 0 Å². The predicted octanol–water partition coefficient (Wildman–Crippen LogP) is 3.45. The zero-order chi connectivity index (χ0) is 27.8. The Kier molecular flexibility index (Phi) is 10.0. The molecule has 0 unspecified atom stereocenters. The predicted molar refractivity (Wildman–Crippen MR) is 141 cm³/mol. The second-order valence-corrected chi connectivity index (χ2v) is 9.38. The van der Waals surface area contributed by atoms with E-state index in [-0.39, 0.29) is 60.9 Å². The molecule has 11 heteroatoms. The van der Waals surface area contributed by atoms with Crippen molar-refractivity contribution >= 4 is 29.2 Å². The van der Waals surface area contributed by atoms with Crippen LogP contribution < -0.4 is 15.4 Å². The van der Waals surface area contributed by atoms with E-state index in [1.807, 2.05) is 13.8 Å². The van der Waals surface area contributed by atoms with Crippen molar-refractivity contribution in [2.75, 3.05) is 58.2 Å². The summed E-state index contributed by atoms with van der Waals surface area (Å²) in [5, 5.41) is 5.22. The minimum absolute atomic E-state index is 0.0591. The molecule has 3 rings (SSSR count). The number of carbonyl (C=O) groups excluding carboxylic acids is 3. The van der Waals surface area contributed by atoms with Gasteiger partial charge >= 0.3 is 6.03 Å². The summed E-state index contributed by atoms with van der Waals surface area (Å²) in [6.07, 6.45) is -0.337. The lowest BCUT2D eigenvalue weighted by Gasteiger charge is -2.36. The number of hydrogen-bond acceptors (Lipinski definition) is 6. The zero-order valence-electron chi connectivity index (χ0n) is 22.3. The number of fused-ring (bicyclic) bond motifs is 1. The van der Waals surface area contributed by atoms with Crippen molar-refractivity contribution in [1.29, 1.82) is 0 Å². The Bertz CT molecular complexity index is 1150. The number of anilines is 2. The molecule has 0 fully saturated rings. The van der Waals surface area contributed by atoms with Gasteiger partial charge in [-0.2, -0.15) is 0 Å². The van der Waals surface area contributed by atoms with Crippen LogP contribution in [0.4, 0.5) is 20.6 Å². The maximum absolute atomic E-state index is 13.5. The first-order chi connectivity index (χ1) is 18.1. The number of ether oxygens (including phenoxy) is 3. The van der Waals surface area contributed by atoms with Crippen LogP contribution in [-0.2, 0) is 14.3 Å². The summed E-state index contributed by atoms with van der Waals surface area (Å²) in [6, 6.07) is 9.32. The second kappa shape index (κ2) is 13.2. The average Bonchev–Trinajstić information content (AvgIpc) is 2.88. The number of hydrogen-bond donors (Lipinski definition) is 2. The highest BCUT2D eigenvalue weighted by atomic mass is 19.1. The van der Waals surface area contributed by atoms with Crippen LogP contribution in [0, 0.1) is 11.7 Å². The second-order valence-electron chi connectivity index (χ2n) is 9.38. The lowest BCUT2D eigenvalue weighted by Crippen LogP contribution is -2.49. The van der Waals surface area contributed by atoms with E-state index in [4.69, 9.17) is 14.2 Å². The number of benzene rings is 2. The van der Waals surface area contributed by atoms with Crippen molar-refractivity contribution in [2.24, 2.45) is 5.92 Å². The van der Waals surface area contributed by atoms with Gasteiger partial charge in [0, 0.05) is 51.6 Å². The molecule has 2 aromatic rings. The molecule has 1 aliphatic rings. The lowest BCUT2D eigenvalue weighted by molar-refractivity contribution is -0.139. The molecule has 1 aliphatic heterocycles. The Morgan fingerprint density at radius 2 is 1.79 bits per heavy atom. The summed E-state index contributed by atoms with van der Waals surface area (Å²) in [5.41, 5.74) is 0.868. The average molecular weight is 531 g/mol. The molecule has 38 heavy (non-hydrogen) atoms. The van der Waals surface area contributed by atoms with Gasteiger partial charge in [0.2, 0.25) is 5.91 Å². The number of nitrogens with zero attached hydrogens (tertiary/aromatic N) is 2. The monoisotopic (exact) mass is 530 g/mol. The van der Waals surface area contributed by atoms with Crippen LogP contribution in [0.25, 0.3) is 0 Å². The zero-order valence-corrected chi connectivity index (χ0v) is 22.3. The van der Waals surface area contributed by atoms with E-state index in [1.54, 1.807) is 37.3 Å². The molecular weight excluding hydrogens is 495 g/mol. The molecule has 0 saturated carbocycles. The number of halogens is 1. The third kappa shape index (κ3) is 7.42. The van der Waals surface area contributed by atoms with Gasteiger partial charge < -0.3 is 34.6 Å². The van der Waals surface area contributed by atoms with Crippen LogP contribution in [-0.4, -0.2) is 87.4 Å². The summed E-state index contributed by atoms with van der Waals surface area (Å²) in [6.45, 7) is 4.59. The molecule has 2 aromatic carbocycles. The van der Waals surface area contributed by atoms with E-state index in [1.165, 1.54) is 36.3 Å². The molecule has 3 atom stereocenters. The minimum Gasteiger partial charge on any atom is -0.491 e. The number of rotatable bonds is 5. The number of nitrogens with one attached hydrogen (secondary N) is 2. The number of carbonyl (C=O) groups is 3. The molecule has 206 valence electrons. The molecule has 0 aliphatic carbocycles. The smallest absolute Gasteiger partial charge is 0.323 e. The van der Waals surface area contributed by atoms with E-state index >= 15 is 0 Å². The number of urea groups is 1. The normalized spacial score (nSPS) is 20.5. The van der Waals surface area contributed by atoms with Crippen molar-refractivity contribution < 1.29 is 33.0 Å². The SMILES string of the molecule is COCC(=O)N1C[C@H](C)[C@H](OC)CN(C)C(=O)c2cc(NC(=O)Nc3cccc(F)c3)ccc2OC[C@@H]1C. The number of amides is 4. The van der Waals surface area contributed by atoms with Gasteiger partial charge in [0.1, 0.15) is 24.8 Å². The van der Waals surface area contributed by atoms with Gasteiger partial charge in [-0.15, -0.1) is 0 Å². The molecule has 0 radical (unpaired) electrons. The molecule has 10 nitrogen and oxygen atoms in total. The Labute approximate surface area is 222 Å². The first kappa shape index (κ1) is 28.9. The Morgan fingerprint density at radius 3 is 2.45 bits per heavy atom. The molecule has 0 bridgehead atoms. The topological polar surface area (TPSA) is 109 Å². The summed E-state index contributed by atoms with van der Waals surface area (Å²) in [4.78, 5) is 42.0. The van der Waals surface area contributed by atoms with Crippen LogP contribution >= 0.6 is 0 Å². The Hall–Kier alpha value is -3.70. The summed E-state index contributed by atoms with van der Waals surface area (Å²) >= 11 is 0. The number of likely N-dealkylation sites (N-methyl/N-ethyl adjacent to an activating group) is 1. The molecular formula is C27H35FN4O6. The van der Waals surface area contributed by atoms with Crippen molar-refractivity contribution in [1.82, 2.24) is 9.80 Å². The van der Waals surface area contributed by atoms with Gasteiger partial charge in [-0.25, -0.2) is 9.18 Å². The summed E-state index contributed by atoms with van der Waals surface area (Å²) in [7, 11) is 4.70. The van der Waals surface area contributed by atoms with Crippen LogP contribution in [0.15, 0.2) is 42.5 Å². The Balaban J connectivity index is 1.88. The fourth-order valence-corrected chi connectivity index (χ4v) is 4.27. The summed E-state index contributed by atoms with van der Waals surface area (Å²) in [5.74, 6) is -0.739. The lowest BCUT2D eigenvalue weighted by atomic mass is 10.0. The molecule has 2 N–H and O–H groups in total. The van der Waals surface area contributed by atoms with Crippen LogP contribution in [0.1, 0.15) is 24.2 Å². The maximum Gasteiger partial charge on any atom is 0.323 e. The van der Waals surface area contributed by atoms with Crippen molar-refractivity contribution in [3.8, 4) is 5.75 Å². The highest BCUT2D eigenvalue weighted by Crippen LogP contribution is 2.27.